The average Bonchev–Trinajstić information content (AvgIpc) is 2.38. The number of carboxylic acid groups (broad SMARTS) is 1. The number of rotatable bonds is 2. The van der Waals surface area contributed by atoms with Gasteiger partial charge in [0.2, 0.25) is 0 Å². The highest BCUT2D eigenvalue weighted by Gasteiger charge is 2.30. The second-order valence-corrected chi connectivity index (χ2v) is 4.19. The molecule has 1 atom stereocenters. The van der Waals surface area contributed by atoms with Crippen LogP contribution < -0.4 is 10.2 Å². The normalized spacial score (nSPS) is 19.3. The van der Waals surface area contributed by atoms with Crippen LogP contribution in [0.15, 0.2) is 12.3 Å². The Bertz CT molecular complexity index is 509. The van der Waals surface area contributed by atoms with E-state index in [1.165, 1.54) is 0 Å². The number of carbonyl (C=O) groups is 1. The Morgan fingerprint density at radius 1 is 1.72 bits per heavy atom. The van der Waals surface area contributed by atoms with Crippen molar-refractivity contribution >= 4 is 11.8 Å². The smallest absolute Gasteiger partial charge is 0.327 e. The summed E-state index contributed by atoms with van der Waals surface area (Å²) in [5.74, 6) is -0.444. The standard InChI is InChI=1S/C12H14N4O2/c1-8-2-3-15-11(9(8)6-13)16-5-4-14-7-10(16)12(17)18/h2-3,10,14H,4-5,7H2,1H3,(H,17,18). The summed E-state index contributed by atoms with van der Waals surface area (Å²) in [6.45, 7) is 3.39. The molecule has 0 amide bonds. The first-order valence-corrected chi connectivity index (χ1v) is 5.71. The third-order valence-electron chi connectivity index (χ3n) is 3.05. The highest BCUT2D eigenvalue weighted by molar-refractivity contribution is 5.79. The van der Waals surface area contributed by atoms with Gasteiger partial charge in [-0.25, -0.2) is 9.78 Å². The molecule has 1 saturated heterocycles. The molecule has 0 bridgehead atoms. The summed E-state index contributed by atoms with van der Waals surface area (Å²) in [5, 5.41) is 21.4. The zero-order valence-electron chi connectivity index (χ0n) is 10.1. The van der Waals surface area contributed by atoms with Gasteiger partial charge in [0.1, 0.15) is 17.9 Å². The van der Waals surface area contributed by atoms with Gasteiger partial charge >= 0.3 is 5.97 Å². The molecule has 1 unspecified atom stereocenters. The number of hydrogen-bond acceptors (Lipinski definition) is 5. The van der Waals surface area contributed by atoms with Crippen LogP contribution >= 0.6 is 0 Å². The minimum atomic E-state index is -0.908. The van der Waals surface area contributed by atoms with Crippen LogP contribution in [-0.2, 0) is 4.79 Å². The number of aliphatic carboxylic acids is 1. The lowest BCUT2D eigenvalue weighted by molar-refractivity contribution is -0.138. The predicted octanol–water partition coefficient (Wildman–Crippen LogP) is 0.124. The lowest BCUT2D eigenvalue weighted by Crippen LogP contribution is -2.55. The summed E-state index contributed by atoms with van der Waals surface area (Å²) in [6.07, 6.45) is 1.60. The maximum atomic E-state index is 11.2. The fourth-order valence-corrected chi connectivity index (χ4v) is 2.08. The first kappa shape index (κ1) is 12.3. The highest BCUT2D eigenvalue weighted by atomic mass is 16.4. The molecule has 0 saturated carbocycles. The number of carboxylic acids is 1. The molecular weight excluding hydrogens is 232 g/mol. The van der Waals surface area contributed by atoms with E-state index >= 15 is 0 Å². The van der Waals surface area contributed by atoms with E-state index in [2.05, 4.69) is 16.4 Å². The van der Waals surface area contributed by atoms with Crippen LogP contribution in [0.3, 0.4) is 0 Å². The van der Waals surface area contributed by atoms with Gasteiger partial charge in [-0.3, -0.25) is 0 Å². The Balaban J connectivity index is 2.43. The number of nitriles is 1. The monoisotopic (exact) mass is 246 g/mol. The lowest BCUT2D eigenvalue weighted by Gasteiger charge is -2.34. The zero-order valence-corrected chi connectivity index (χ0v) is 10.1. The minimum Gasteiger partial charge on any atom is -0.480 e. The van der Waals surface area contributed by atoms with Crippen molar-refractivity contribution in [3.8, 4) is 6.07 Å². The Hall–Kier alpha value is -2.13. The van der Waals surface area contributed by atoms with Gasteiger partial charge in [-0.15, -0.1) is 0 Å². The average molecular weight is 246 g/mol. The van der Waals surface area contributed by atoms with Crippen molar-refractivity contribution in [1.29, 1.82) is 5.26 Å². The second-order valence-electron chi connectivity index (χ2n) is 4.19. The van der Waals surface area contributed by atoms with E-state index in [1.807, 2.05) is 6.92 Å². The quantitative estimate of drug-likeness (QED) is 0.770. The zero-order chi connectivity index (χ0) is 13.1. The number of pyridine rings is 1. The SMILES string of the molecule is Cc1ccnc(N2CCNCC2C(=O)O)c1C#N. The molecule has 1 aliphatic heterocycles. The molecule has 1 aromatic rings. The molecule has 2 heterocycles. The van der Waals surface area contributed by atoms with E-state index in [-0.39, 0.29) is 0 Å². The molecule has 0 aromatic carbocycles. The largest absolute Gasteiger partial charge is 0.480 e. The molecule has 0 radical (unpaired) electrons. The van der Waals surface area contributed by atoms with Crippen molar-refractivity contribution in [3.05, 3.63) is 23.4 Å². The summed E-state index contributed by atoms with van der Waals surface area (Å²) in [4.78, 5) is 17.1. The van der Waals surface area contributed by atoms with Crippen molar-refractivity contribution < 1.29 is 9.90 Å². The van der Waals surface area contributed by atoms with E-state index in [0.717, 1.165) is 5.56 Å². The van der Waals surface area contributed by atoms with Crippen molar-refractivity contribution in [2.24, 2.45) is 0 Å². The van der Waals surface area contributed by atoms with E-state index in [1.54, 1.807) is 17.2 Å². The van der Waals surface area contributed by atoms with E-state index < -0.39 is 12.0 Å². The molecule has 1 aromatic heterocycles. The third kappa shape index (κ3) is 2.13. The highest BCUT2D eigenvalue weighted by Crippen LogP contribution is 2.22. The fraction of sp³-hybridized carbons (Fsp3) is 0.417. The second kappa shape index (κ2) is 5.02. The number of aromatic nitrogens is 1. The van der Waals surface area contributed by atoms with Gasteiger partial charge < -0.3 is 15.3 Å². The molecule has 0 aliphatic carbocycles. The van der Waals surface area contributed by atoms with Crippen LogP contribution in [0.25, 0.3) is 0 Å². The molecular formula is C12H14N4O2. The van der Waals surface area contributed by atoms with Gasteiger partial charge in [-0.05, 0) is 18.6 Å². The van der Waals surface area contributed by atoms with Crippen LogP contribution in [0.2, 0.25) is 0 Å². The molecule has 0 spiro atoms. The molecule has 18 heavy (non-hydrogen) atoms. The van der Waals surface area contributed by atoms with Crippen LogP contribution in [0, 0.1) is 18.3 Å². The van der Waals surface area contributed by atoms with Crippen LogP contribution in [0.5, 0.6) is 0 Å². The van der Waals surface area contributed by atoms with Crippen LogP contribution in [-0.4, -0.2) is 41.7 Å². The van der Waals surface area contributed by atoms with Gasteiger partial charge in [0.05, 0.1) is 5.56 Å². The number of nitrogens with one attached hydrogen (secondary N) is 1. The summed E-state index contributed by atoms with van der Waals surface area (Å²) < 4.78 is 0. The Kier molecular flexibility index (Phi) is 3.44. The third-order valence-corrected chi connectivity index (χ3v) is 3.05. The number of hydrogen-bond donors (Lipinski definition) is 2. The predicted molar refractivity (Wildman–Crippen MR) is 65.3 cm³/mol. The first-order chi connectivity index (χ1) is 8.65. The summed E-state index contributed by atoms with van der Waals surface area (Å²) in [6, 6.07) is 3.17. The number of piperazine rings is 1. The van der Waals surface area contributed by atoms with Crippen LogP contribution in [0.4, 0.5) is 5.82 Å². The minimum absolute atomic E-state index is 0.357. The van der Waals surface area contributed by atoms with Crippen LogP contribution in [0.1, 0.15) is 11.1 Å². The van der Waals surface area contributed by atoms with E-state index in [0.29, 0.717) is 31.0 Å². The van der Waals surface area contributed by atoms with Crippen molar-refractivity contribution in [3.63, 3.8) is 0 Å². The Morgan fingerprint density at radius 2 is 2.50 bits per heavy atom. The van der Waals surface area contributed by atoms with Gasteiger partial charge in [0.25, 0.3) is 0 Å². The van der Waals surface area contributed by atoms with Gasteiger partial charge in [0.15, 0.2) is 0 Å². The molecule has 6 heteroatoms. The molecule has 1 fully saturated rings. The summed E-state index contributed by atoms with van der Waals surface area (Å²) >= 11 is 0. The summed E-state index contributed by atoms with van der Waals surface area (Å²) in [7, 11) is 0. The van der Waals surface area contributed by atoms with Gasteiger partial charge in [0, 0.05) is 25.8 Å². The lowest BCUT2D eigenvalue weighted by atomic mass is 10.1. The maximum Gasteiger partial charge on any atom is 0.327 e. The number of aryl methyl sites for hydroxylation is 1. The first-order valence-electron chi connectivity index (χ1n) is 5.71. The Morgan fingerprint density at radius 3 is 3.17 bits per heavy atom. The number of anilines is 1. The Labute approximate surface area is 105 Å². The molecule has 94 valence electrons. The molecule has 6 nitrogen and oxygen atoms in total. The van der Waals surface area contributed by atoms with Gasteiger partial charge in [-0.2, -0.15) is 5.26 Å². The fourth-order valence-electron chi connectivity index (χ4n) is 2.08. The topological polar surface area (TPSA) is 89.2 Å². The maximum absolute atomic E-state index is 11.2. The molecule has 2 rings (SSSR count). The van der Waals surface area contributed by atoms with E-state index in [9.17, 15) is 15.2 Å². The van der Waals surface area contributed by atoms with Crippen molar-refractivity contribution in [2.45, 2.75) is 13.0 Å². The summed E-state index contributed by atoms with van der Waals surface area (Å²) in [5.41, 5.74) is 1.26. The van der Waals surface area contributed by atoms with Crippen molar-refractivity contribution in [2.75, 3.05) is 24.5 Å². The molecule has 2 N–H and O–H groups in total. The molecule has 1 aliphatic rings. The van der Waals surface area contributed by atoms with Crippen molar-refractivity contribution in [1.82, 2.24) is 10.3 Å². The number of nitrogens with zero attached hydrogens (tertiary/aromatic N) is 3. The van der Waals surface area contributed by atoms with E-state index in [4.69, 9.17) is 0 Å². The van der Waals surface area contributed by atoms with Gasteiger partial charge in [-0.1, -0.05) is 0 Å².